The molecule has 0 unspecified atom stereocenters. The Hall–Kier alpha value is -2.12. The molecule has 3 saturated carbocycles. The van der Waals surface area contributed by atoms with Gasteiger partial charge in [-0.25, -0.2) is 13.4 Å². The van der Waals surface area contributed by atoms with E-state index < -0.39 is 9.84 Å². The van der Waals surface area contributed by atoms with Gasteiger partial charge in [-0.1, -0.05) is 12.1 Å². The second kappa shape index (κ2) is 8.10. The highest BCUT2D eigenvalue weighted by Gasteiger charge is 2.40. The number of hydrogen-bond acceptors (Lipinski definition) is 6. The molecule has 1 heterocycles. The van der Waals surface area contributed by atoms with Crippen molar-refractivity contribution in [1.29, 1.82) is 0 Å². The number of hydrogen-bond donors (Lipinski definition) is 0. The highest BCUT2D eigenvalue weighted by atomic mass is 32.2. The summed E-state index contributed by atoms with van der Waals surface area (Å²) in [5, 5.41) is 2.36. The molecule has 1 atom stereocenters. The molecule has 0 N–H and O–H groups in total. The zero-order chi connectivity index (χ0) is 21.6. The molecule has 1 aromatic heterocycles. The molecule has 0 amide bonds. The molecule has 0 bridgehead atoms. The molecule has 0 spiro atoms. The Labute approximate surface area is 186 Å². The maximum absolute atomic E-state index is 13.3. The van der Waals surface area contributed by atoms with E-state index in [1.807, 2.05) is 17.5 Å². The van der Waals surface area contributed by atoms with Gasteiger partial charge in [0.1, 0.15) is 10.8 Å². The van der Waals surface area contributed by atoms with Crippen molar-refractivity contribution in [2.24, 2.45) is 5.92 Å². The quantitative estimate of drug-likeness (QED) is 0.547. The zero-order valence-corrected chi connectivity index (χ0v) is 18.9. The summed E-state index contributed by atoms with van der Waals surface area (Å²) in [6.07, 6.45) is 9.08. The van der Waals surface area contributed by atoms with E-state index in [0.29, 0.717) is 23.3 Å². The molecule has 7 heteroatoms. The van der Waals surface area contributed by atoms with Gasteiger partial charge in [-0.2, -0.15) is 0 Å². The topological polar surface area (TPSA) is 81.2 Å². The average molecular weight is 456 g/mol. The maximum Gasteiger partial charge on any atom is 0.181 e. The summed E-state index contributed by atoms with van der Waals surface area (Å²) in [6.45, 7) is 0. The second-order valence-electron chi connectivity index (χ2n) is 8.92. The minimum atomic E-state index is -3.29. The summed E-state index contributed by atoms with van der Waals surface area (Å²) in [7, 11) is -3.29. The molecule has 0 saturated heterocycles. The van der Waals surface area contributed by atoms with Gasteiger partial charge in [0, 0.05) is 30.0 Å². The van der Waals surface area contributed by atoms with Crippen LogP contribution in [0.15, 0.2) is 40.7 Å². The number of carbonyl (C=O) groups is 2. The van der Waals surface area contributed by atoms with E-state index in [0.717, 1.165) is 48.2 Å². The van der Waals surface area contributed by atoms with Crippen LogP contribution in [0.3, 0.4) is 0 Å². The standard InChI is InChI=1S/C24H25NO4S2/c26-18-5-1-15(11-18)12-20(22(27)14-24-25-9-10-30-24)17-4-8-23(21(13-17)16-2-3-16)31(28,29)19-6-7-19/h4,8-10,12-13,15-16,19H,1-3,5-7,11,14H2/b20-12+/t15-/m0/s1. The highest BCUT2D eigenvalue weighted by Crippen LogP contribution is 2.46. The number of benzene rings is 1. The Morgan fingerprint density at radius 2 is 1.97 bits per heavy atom. The van der Waals surface area contributed by atoms with Crippen molar-refractivity contribution < 1.29 is 18.0 Å². The molecule has 162 valence electrons. The van der Waals surface area contributed by atoms with Crippen molar-refractivity contribution in [3.63, 3.8) is 0 Å². The van der Waals surface area contributed by atoms with Crippen molar-refractivity contribution in [3.8, 4) is 0 Å². The summed E-state index contributed by atoms with van der Waals surface area (Å²) in [5.41, 5.74) is 2.21. The minimum Gasteiger partial charge on any atom is -0.300 e. The van der Waals surface area contributed by atoms with Crippen molar-refractivity contribution in [2.75, 3.05) is 0 Å². The first kappa shape index (κ1) is 20.8. The number of aromatic nitrogens is 1. The highest BCUT2D eigenvalue weighted by molar-refractivity contribution is 7.92. The first-order valence-electron chi connectivity index (χ1n) is 10.9. The number of carbonyl (C=O) groups excluding carboxylic acids is 2. The molecule has 3 fully saturated rings. The van der Waals surface area contributed by atoms with Crippen LogP contribution < -0.4 is 0 Å². The van der Waals surface area contributed by atoms with E-state index in [1.165, 1.54) is 11.3 Å². The Kier molecular flexibility index (Phi) is 5.42. The molecule has 0 aliphatic heterocycles. The number of nitrogens with zero attached hydrogens (tertiary/aromatic N) is 1. The van der Waals surface area contributed by atoms with Crippen molar-refractivity contribution in [1.82, 2.24) is 4.98 Å². The van der Waals surface area contributed by atoms with Gasteiger partial charge < -0.3 is 0 Å². The van der Waals surface area contributed by atoms with Gasteiger partial charge in [0.2, 0.25) is 0 Å². The molecule has 2 aromatic rings. The second-order valence-corrected chi connectivity index (χ2v) is 12.1. The van der Waals surface area contributed by atoms with E-state index in [9.17, 15) is 18.0 Å². The molecule has 0 radical (unpaired) electrons. The smallest absolute Gasteiger partial charge is 0.181 e. The van der Waals surface area contributed by atoms with Crippen LogP contribution in [-0.4, -0.2) is 30.2 Å². The van der Waals surface area contributed by atoms with Gasteiger partial charge in [-0.05, 0) is 67.2 Å². The van der Waals surface area contributed by atoms with Crippen LogP contribution in [0.1, 0.15) is 67.0 Å². The van der Waals surface area contributed by atoms with Crippen molar-refractivity contribution in [2.45, 2.75) is 67.4 Å². The Morgan fingerprint density at radius 3 is 2.58 bits per heavy atom. The third kappa shape index (κ3) is 4.44. The van der Waals surface area contributed by atoms with Crippen LogP contribution in [0.5, 0.6) is 0 Å². The number of ketones is 2. The third-order valence-electron chi connectivity index (χ3n) is 6.39. The summed E-state index contributed by atoms with van der Waals surface area (Å²) >= 11 is 1.45. The van der Waals surface area contributed by atoms with Crippen LogP contribution in [0.25, 0.3) is 5.57 Å². The predicted molar refractivity (Wildman–Crippen MR) is 120 cm³/mol. The van der Waals surface area contributed by atoms with Gasteiger partial charge in [-0.15, -0.1) is 11.3 Å². The Morgan fingerprint density at radius 1 is 1.16 bits per heavy atom. The van der Waals surface area contributed by atoms with Crippen LogP contribution in [0.2, 0.25) is 0 Å². The maximum atomic E-state index is 13.3. The number of rotatable bonds is 8. The van der Waals surface area contributed by atoms with Gasteiger partial charge in [-0.3, -0.25) is 9.59 Å². The normalized spacial score (nSPS) is 22.1. The first-order chi connectivity index (χ1) is 14.9. The van der Waals surface area contributed by atoms with Gasteiger partial charge >= 0.3 is 0 Å². The fraction of sp³-hybridized carbons (Fsp3) is 0.458. The number of sulfone groups is 1. The lowest BCUT2D eigenvalue weighted by molar-refractivity contribution is -0.117. The summed E-state index contributed by atoms with van der Waals surface area (Å²) in [6, 6.07) is 5.42. The van der Waals surface area contributed by atoms with Crippen LogP contribution in [0.4, 0.5) is 0 Å². The van der Waals surface area contributed by atoms with Gasteiger partial charge in [0.05, 0.1) is 16.6 Å². The monoisotopic (exact) mass is 455 g/mol. The zero-order valence-electron chi connectivity index (χ0n) is 17.2. The molecular formula is C24H25NO4S2. The van der Waals surface area contributed by atoms with Crippen LogP contribution in [0, 0.1) is 5.92 Å². The number of thiazole rings is 1. The fourth-order valence-electron chi connectivity index (χ4n) is 4.39. The lowest BCUT2D eigenvalue weighted by Gasteiger charge is -2.15. The van der Waals surface area contributed by atoms with E-state index in [4.69, 9.17) is 0 Å². The first-order valence-corrected chi connectivity index (χ1v) is 13.4. The van der Waals surface area contributed by atoms with E-state index >= 15 is 0 Å². The number of allylic oxidation sites excluding steroid dienone is 2. The van der Waals surface area contributed by atoms with E-state index in [1.54, 1.807) is 18.3 Å². The summed E-state index contributed by atoms with van der Waals surface area (Å²) < 4.78 is 25.9. The molecule has 3 aliphatic carbocycles. The van der Waals surface area contributed by atoms with Crippen LogP contribution >= 0.6 is 11.3 Å². The van der Waals surface area contributed by atoms with Crippen LogP contribution in [-0.2, 0) is 25.8 Å². The summed E-state index contributed by atoms with van der Waals surface area (Å²) in [5.74, 6) is 0.514. The largest absolute Gasteiger partial charge is 0.300 e. The van der Waals surface area contributed by atoms with Gasteiger partial charge in [0.15, 0.2) is 15.6 Å². The Balaban J connectivity index is 1.53. The number of Topliss-reactive ketones (excluding diaryl/α,β-unsaturated/α-hetero) is 2. The Bertz CT molecular complexity index is 1160. The summed E-state index contributed by atoms with van der Waals surface area (Å²) in [4.78, 5) is 29.7. The van der Waals surface area contributed by atoms with Crippen molar-refractivity contribution in [3.05, 3.63) is 52.0 Å². The molecule has 1 aromatic carbocycles. The lowest BCUT2D eigenvalue weighted by atomic mass is 9.92. The van der Waals surface area contributed by atoms with Gasteiger partial charge in [0.25, 0.3) is 0 Å². The van der Waals surface area contributed by atoms with E-state index in [-0.39, 0.29) is 35.1 Å². The molecular weight excluding hydrogens is 430 g/mol. The molecule has 3 aliphatic rings. The SMILES string of the molecule is O=C1CC[C@H](/C=C(/C(=O)Cc2nccs2)c2ccc(S(=O)(=O)C3CC3)c(C3CC3)c2)C1. The molecule has 31 heavy (non-hydrogen) atoms. The fourth-order valence-corrected chi connectivity index (χ4v) is 6.93. The van der Waals surface area contributed by atoms with E-state index in [2.05, 4.69) is 4.98 Å². The predicted octanol–water partition coefficient (Wildman–Crippen LogP) is 4.52. The van der Waals surface area contributed by atoms with Crippen molar-refractivity contribution >= 4 is 38.3 Å². The molecule has 5 nitrogen and oxygen atoms in total. The third-order valence-corrected chi connectivity index (χ3v) is 9.50. The average Bonchev–Trinajstić information content (AvgIpc) is 3.67. The minimum absolute atomic E-state index is 0.0335. The lowest BCUT2D eigenvalue weighted by Crippen LogP contribution is -2.12. The molecule has 5 rings (SSSR count).